The van der Waals surface area contributed by atoms with Crippen LogP contribution in [0.1, 0.15) is 49.9 Å². The Morgan fingerprint density at radius 1 is 1.00 bits per heavy atom. The number of amides is 1. The first-order valence-electron chi connectivity index (χ1n) is 9.10. The minimum absolute atomic E-state index is 0.163. The first kappa shape index (κ1) is 20.3. The van der Waals surface area contributed by atoms with Crippen molar-refractivity contribution >= 4 is 27.5 Å². The van der Waals surface area contributed by atoms with Crippen LogP contribution in [-0.4, -0.2) is 19.1 Å². The van der Waals surface area contributed by atoms with Crippen molar-refractivity contribution < 1.29 is 14.3 Å². The summed E-state index contributed by atoms with van der Waals surface area (Å²) in [7, 11) is 0. The van der Waals surface area contributed by atoms with Crippen LogP contribution in [0, 0.1) is 0 Å². The number of hydrogen-bond donors (Lipinski definition) is 1. The summed E-state index contributed by atoms with van der Waals surface area (Å²) in [6, 6.07) is 12.7. The summed E-state index contributed by atoms with van der Waals surface area (Å²) in [5.41, 5.74) is 1.30. The minimum Gasteiger partial charge on any atom is -0.494 e. The lowest BCUT2D eigenvalue weighted by atomic mass is 10.2. The number of rotatable bonds is 10. The summed E-state index contributed by atoms with van der Waals surface area (Å²) in [6.45, 7) is 5.43. The zero-order valence-corrected chi connectivity index (χ0v) is 17.0. The second kappa shape index (κ2) is 10.9. The third-order valence-electron chi connectivity index (χ3n) is 3.87. The van der Waals surface area contributed by atoms with E-state index in [1.54, 1.807) is 12.1 Å². The molecule has 0 aliphatic carbocycles. The average Bonchev–Trinajstić information content (AvgIpc) is 2.64. The highest BCUT2D eigenvalue weighted by Gasteiger charge is 2.10. The number of halogens is 1. The van der Waals surface area contributed by atoms with Gasteiger partial charge in [0, 0.05) is 11.3 Å². The van der Waals surface area contributed by atoms with Crippen LogP contribution in [0.25, 0.3) is 0 Å². The zero-order chi connectivity index (χ0) is 18.8. The number of unbranched alkanes of at least 4 members (excludes halogenated alkanes) is 3. The third kappa shape index (κ3) is 6.37. The Balaban J connectivity index is 1.91. The topological polar surface area (TPSA) is 47.6 Å². The predicted octanol–water partition coefficient (Wildman–Crippen LogP) is 6.06. The molecule has 1 N–H and O–H groups in total. The van der Waals surface area contributed by atoms with Crippen LogP contribution in [0.3, 0.4) is 0 Å². The van der Waals surface area contributed by atoms with E-state index >= 15 is 0 Å². The van der Waals surface area contributed by atoms with Gasteiger partial charge in [-0.05, 0) is 71.7 Å². The van der Waals surface area contributed by atoms with Crippen molar-refractivity contribution in [2.45, 2.75) is 39.5 Å². The molecular formula is C21H26BrNO3. The molecule has 0 unspecified atom stereocenters. The van der Waals surface area contributed by atoms with Gasteiger partial charge in [0.1, 0.15) is 11.5 Å². The van der Waals surface area contributed by atoms with Gasteiger partial charge in [0.15, 0.2) is 0 Å². The molecule has 1 amide bonds. The molecule has 0 aromatic heterocycles. The first-order chi connectivity index (χ1) is 12.6. The van der Waals surface area contributed by atoms with Gasteiger partial charge in [-0.3, -0.25) is 4.79 Å². The van der Waals surface area contributed by atoms with E-state index in [1.807, 2.05) is 37.3 Å². The molecule has 0 atom stereocenters. The van der Waals surface area contributed by atoms with Gasteiger partial charge >= 0.3 is 0 Å². The lowest BCUT2D eigenvalue weighted by Crippen LogP contribution is -2.12. The van der Waals surface area contributed by atoms with Gasteiger partial charge in [-0.1, -0.05) is 26.2 Å². The normalized spacial score (nSPS) is 10.4. The fraction of sp³-hybridized carbons (Fsp3) is 0.381. The molecule has 0 heterocycles. The van der Waals surface area contributed by atoms with Gasteiger partial charge in [0.05, 0.1) is 17.7 Å². The van der Waals surface area contributed by atoms with Gasteiger partial charge in [0.2, 0.25) is 0 Å². The maximum Gasteiger partial charge on any atom is 0.255 e. The quantitative estimate of drug-likeness (QED) is 0.476. The molecule has 0 fully saturated rings. The highest BCUT2D eigenvalue weighted by molar-refractivity contribution is 9.10. The van der Waals surface area contributed by atoms with Gasteiger partial charge in [-0.15, -0.1) is 0 Å². The molecule has 0 saturated carbocycles. The molecule has 0 aliphatic heterocycles. The monoisotopic (exact) mass is 419 g/mol. The predicted molar refractivity (Wildman–Crippen MR) is 109 cm³/mol. The average molecular weight is 420 g/mol. The number of benzene rings is 2. The van der Waals surface area contributed by atoms with Gasteiger partial charge in [-0.2, -0.15) is 0 Å². The molecule has 0 aliphatic rings. The first-order valence-corrected chi connectivity index (χ1v) is 9.90. The van der Waals surface area contributed by atoms with Crippen molar-refractivity contribution in [3.63, 3.8) is 0 Å². The van der Waals surface area contributed by atoms with E-state index in [2.05, 4.69) is 28.2 Å². The Labute approximate surface area is 164 Å². The van der Waals surface area contributed by atoms with Crippen LogP contribution >= 0.6 is 15.9 Å². The van der Waals surface area contributed by atoms with E-state index in [4.69, 9.17) is 9.47 Å². The Bertz CT molecular complexity index is 701. The Morgan fingerprint density at radius 3 is 2.42 bits per heavy atom. The molecule has 2 aromatic rings. The number of nitrogens with one attached hydrogen (secondary N) is 1. The number of carbonyl (C=O) groups is 1. The van der Waals surface area contributed by atoms with Crippen molar-refractivity contribution in [1.29, 1.82) is 0 Å². The summed E-state index contributed by atoms with van der Waals surface area (Å²) in [4.78, 5) is 12.4. The lowest BCUT2D eigenvalue weighted by Gasteiger charge is -2.10. The lowest BCUT2D eigenvalue weighted by molar-refractivity contribution is 0.102. The van der Waals surface area contributed by atoms with Crippen molar-refractivity contribution in [2.24, 2.45) is 0 Å². The highest BCUT2D eigenvalue weighted by Crippen LogP contribution is 2.27. The summed E-state index contributed by atoms with van der Waals surface area (Å²) in [5.74, 6) is 1.39. The summed E-state index contributed by atoms with van der Waals surface area (Å²) < 4.78 is 12.0. The van der Waals surface area contributed by atoms with Crippen LogP contribution in [0.5, 0.6) is 11.5 Å². The maximum atomic E-state index is 12.4. The van der Waals surface area contributed by atoms with Crippen LogP contribution in [0.4, 0.5) is 5.69 Å². The van der Waals surface area contributed by atoms with Gasteiger partial charge in [-0.25, -0.2) is 0 Å². The zero-order valence-electron chi connectivity index (χ0n) is 15.4. The largest absolute Gasteiger partial charge is 0.494 e. The molecule has 0 spiro atoms. The third-order valence-corrected chi connectivity index (χ3v) is 4.49. The van der Waals surface area contributed by atoms with Gasteiger partial charge in [0.25, 0.3) is 5.91 Å². The fourth-order valence-corrected chi connectivity index (χ4v) is 2.97. The van der Waals surface area contributed by atoms with Gasteiger partial charge < -0.3 is 14.8 Å². The van der Waals surface area contributed by atoms with Crippen LogP contribution in [0.15, 0.2) is 46.9 Å². The second-order valence-corrected chi connectivity index (χ2v) is 6.82. The van der Waals surface area contributed by atoms with Crippen molar-refractivity contribution in [3.8, 4) is 11.5 Å². The molecule has 5 heteroatoms. The minimum atomic E-state index is -0.163. The molecule has 140 valence electrons. The molecule has 4 nitrogen and oxygen atoms in total. The molecule has 26 heavy (non-hydrogen) atoms. The Kier molecular flexibility index (Phi) is 8.48. The van der Waals surface area contributed by atoms with Crippen molar-refractivity contribution in [2.75, 3.05) is 18.5 Å². The summed E-state index contributed by atoms with van der Waals surface area (Å²) >= 11 is 3.49. The van der Waals surface area contributed by atoms with E-state index < -0.39 is 0 Å². The number of carbonyl (C=O) groups excluding carboxylic acids is 1. The number of anilines is 1. The molecular weight excluding hydrogens is 394 g/mol. The maximum absolute atomic E-state index is 12.4. The molecule has 2 rings (SSSR count). The SMILES string of the molecule is CCCCCCOc1ccc(C(=O)Nc2ccc(OCC)cc2)cc1Br. The fourth-order valence-electron chi connectivity index (χ4n) is 2.47. The van der Waals surface area contributed by atoms with E-state index in [0.717, 1.165) is 28.1 Å². The van der Waals surface area contributed by atoms with Crippen molar-refractivity contribution in [1.82, 2.24) is 0 Å². The molecule has 0 saturated heterocycles. The van der Waals surface area contributed by atoms with Crippen LogP contribution in [0.2, 0.25) is 0 Å². The van der Waals surface area contributed by atoms with E-state index in [0.29, 0.717) is 18.8 Å². The Morgan fingerprint density at radius 2 is 1.77 bits per heavy atom. The smallest absolute Gasteiger partial charge is 0.255 e. The number of hydrogen-bond acceptors (Lipinski definition) is 3. The summed E-state index contributed by atoms with van der Waals surface area (Å²) in [5, 5.41) is 2.88. The van der Waals surface area contributed by atoms with Crippen molar-refractivity contribution in [3.05, 3.63) is 52.5 Å². The van der Waals surface area contributed by atoms with Crippen LogP contribution < -0.4 is 14.8 Å². The van der Waals surface area contributed by atoms with E-state index in [1.165, 1.54) is 19.3 Å². The number of ether oxygens (including phenoxy) is 2. The standard InChI is InChI=1S/C21H26BrNO3/c1-3-5-6-7-14-26-20-13-8-16(15-19(20)22)21(24)23-17-9-11-18(12-10-17)25-4-2/h8-13,15H,3-7,14H2,1-2H3,(H,23,24). The summed E-state index contributed by atoms with van der Waals surface area (Å²) in [6.07, 6.45) is 4.66. The second-order valence-electron chi connectivity index (χ2n) is 5.97. The molecule has 0 radical (unpaired) electrons. The highest BCUT2D eigenvalue weighted by atomic mass is 79.9. The van der Waals surface area contributed by atoms with E-state index in [-0.39, 0.29) is 5.91 Å². The van der Waals surface area contributed by atoms with E-state index in [9.17, 15) is 4.79 Å². The Hall–Kier alpha value is -2.01. The molecule has 0 bridgehead atoms. The molecule has 2 aromatic carbocycles. The van der Waals surface area contributed by atoms with Crippen LogP contribution in [-0.2, 0) is 0 Å².